The fourth-order valence-electron chi connectivity index (χ4n) is 2.05. The molecule has 1 heterocycles. The van der Waals surface area contributed by atoms with Crippen molar-refractivity contribution in [3.05, 3.63) is 5.32 Å². The minimum atomic E-state index is 0. The van der Waals surface area contributed by atoms with Crippen LogP contribution in [0, 0.1) is 5.41 Å². The molecule has 2 aliphatic rings. The molecular formula is C8H14NRe-. The van der Waals surface area contributed by atoms with Gasteiger partial charge in [-0.15, -0.1) is 13.1 Å². The molecule has 0 aromatic carbocycles. The summed E-state index contributed by atoms with van der Waals surface area (Å²) in [6.07, 6.45) is 7.24. The van der Waals surface area contributed by atoms with Gasteiger partial charge in [0, 0.05) is 20.4 Å². The molecule has 1 saturated carbocycles. The van der Waals surface area contributed by atoms with E-state index in [-0.39, 0.29) is 20.4 Å². The van der Waals surface area contributed by atoms with Crippen molar-refractivity contribution in [2.24, 2.45) is 5.41 Å². The van der Waals surface area contributed by atoms with Gasteiger partial charge >= 0.3 is 0 Å². The Hall–Kier alpha value is 0.622. The Kier molecular flexibility index (Phi) is 2.92. The first kappa shape index (κ1) is 8.72. The second-order valence-corrected chi connectivity index (χ2v) is 3.56. The maximum absolute atomic E-state index is 4.45. The predicted octanol–water partition coefficient (Wildman–Crippen LogP) is 2.32. The maximum Gasteiger partial charge on any atom is 0 e. The number of piperidine rings is 1. The summed E-state index contributed by atoms with van der Waals surface area (Å²) in [6.45, 7) is 2.33. The Labute approximate surface area is 76.6 Å². The first-order chi connectivity index (χ1) is 4.41. The Morgan fingerprint density at radius 2 is 1.70 bits per heavy atom. The molecule has 0 bridgehead atoms. The van der Waals surface area contributed by atoms with Crippen LogP contribution in [-0.2, 0) is 20.4 Å². The van der Waals surface area contributed by atoms with E-state index in [4.69, 9.17) is 0 Å². The van der Waals surface area contributed by atoms with Crippen molar-refractivity contribution in [3.8, 4) is 0 Å². The molecule has 1 aliphatic heterocycles. The Morgan fingerprint density at radius 1 is 1.00 bits per heavy atom. The average molecular weight is 310 g/mol. The van der Waals surface area contributed by atoms with E-state index in [1.807, 2.05) is 0 Å². The van der Waals surface area contributed by atoms with Crippen LogP contribution in [0.15, 0.2) is 0 Å². The zero-order chi connectivity index (χ0) is 6.16. The van der Waals surface area contributed by atoms with Gasteiger partial charge in [0.15, 0.2) is 0 Å². The Balaban J connectivity index is 0.000000500. The van der Waals surface area contributed by atoms with Crippen LogP contribution in [0.25, 0.3) is 5.32 Å². The molecule has 59 valence electrons. The Bertz CT molecular complexity index is 102. The summed E-state index contributed by atoms with van der Waals surface area (Å²) < 4.78 is 0. The molecule has 0 amide bonds. The van der Waals surface area contributed by atoms with Gasteiger partial charge in [0.1, 0.15) is 0 Å². The molecule has 1 spiro atoms. The minimum Gasteiger partial charge on any atom is -0.662 e. The number of hydrogen-bond acceptors (Lipinski definition) is 0. The molecule has 2 rings (SSSR count). The summed E-state index contributed by atoms with van der Waals surface area (Å²) in [4.78, 5) is 0. The minimum absolute atomic E-state index is 0. The van der Waals surface area contributed by atoms with E-state index in [2.05, 4.69) is 5.32 Å². The summed E-state index contributed by atoms with van der Waals surface area (Å²) in [7, 11) is 0. The van der Waals surface area contributed by atoms with Crippen LogP contribution in [0.5, 0.6) is 0 Å². The van der Waals surface area contributed by atoms with Crippen molar-refractivity contribution >= 4 is 0 Å². The van der Waals surface area contributed by atoms with Gasteiger partial charge in [-0.3, -0.25) is 0 Å². The van der Waals surface area contributed by atoms with Gasteiger partial charge in [-0.2, -0.15) is 0 Å². The molecule has 0 unspecified atom stereocenters. The quantitative estimate of drug-likeness (QED) is 0.652. The van der Waals surface area contributed by atoms with E-state index < -0.39 is 0 Å². The zero-order valence-electron chi connectivity index (χ0n) is 6.27. The normalized spacial score (nSPS) is 28.8. The van der Waals surface area contributed by atoms with Crippen LogP contribution in [0.3, 0.4) is 0 Å². The second-order valence-electron chi connectivity index (χ2n) is 3.56. The number of rotatable bonds is 0. The maximum atomic E-state index is 4.45. The fraction of sp³-hybridized carbons (Fsp3) is 1.00. The third kappa shape index (κ3) is 1.44. The van der Waals surface area contributed by atoms with Crippen LogP contribution in [-0.4, -0.2) is 13.1 Å². The summed E-state index contributed by atoms with van der Waals surface area (Å²) in [5, 5.41) is 4.45. The van der Waals surface area contributed by atoms with Gasteiger partial charge in [0.25, 0.3) is 0 Å². The first-order valence-corrected chi connectivity index (χ1v) is 4.05. The van der Waals surface area contributed by atoms with E-state index >= 15 is 0 Å². The van der Waals surface area contributed by atoms with Crippen LogP contribution < -0.4 is 0 Å². The molecule has 1 aliphatic carbocycles. The van der Waals surface area contributed by atoms with E-state index in [1.165, 1.54) is 38.6 Å². The van der Waals surface area contributed by atoms with E-state index in [9.17, 15) is 0 Å². The molecule has 0 N–H and O–H groups in total. The van der Waals surface area contributed by atoms with Crippen LogP contribution in [0.2, 0.25) is 0 Å². The van der Waals surface area contributed by atoms with Gasteiger partial charge in [-0.25, -0.2) is 0 Å². The standard InChI is InChI=1S/C8H14N.Re/c1-3-8(4-1)5-2-6-9-7-8;/h1-7H2;/q-1;. The van der Waals surface area contributed by atoms with Gasteiger partial charge in [0.2, 0.25) is 0 Å². The van der Waals surface area contributed by atoms with Crippen molar-refractivity contribution in [3.63, 3.8) is 0 Å². The zero-order valence-corrected chi connectivity index (χ0v) is 8.99. The van der Waals surface area contributed by atoms with E-state index in [0.717, 1.165) is 12.0 Å². The first-order valence-electron chi connectivity index (χ1n) is 4.05. The number of hydrogen-bond donors (Lipinski definition) is 0. The molecule has 10 heavy (non-hydrogen) atoms. The van der Waals surface area contributed by atoms with Crippen molar-refractivity contribution in [1.29, 1.82) is 0 Å². The molecule has 0 atom stereocenters. The molecule has 2 heteroatoms. The monoisotopic (exact) mass is 311 g/mol. The largest absolute Gasteiger partial charge is 0.662 e. The van der Waals surface area contributed by atoms with E-state index in [0.29, 0.717) is 0 Å². The molecule has 2 fully saturated rings. The summed E-state index contributed by atoms with van der Waals surface area (Å²) >= 11 is 0. The summed E-state index contributed by atoms with van der Waals surface area (Å²) in [5.74, 6) is 0. The van der Waals surface area contributed by atoms with Crippen molar-refractivity contribution in [2.75, 3.05) is 13.1 Å². The average Bonchev–Trinajstić information content (AvgIpc) is 1.87. The molecule has 0 aromatic rings. The molecule has 1 radical (unpaired) electrons. The topological polar surface area (TPSA) is 14.1 Å². The van der Waals surface area contributed by atoms with Gasteiger partial charge in [-0.1, -0.05) is 19.3 Å². The van der Waals surface area contributed by atoms with Gasteiger partial charge in [0.05, 0.1) is 0 Å². The smallest absolute Gasteiger partial charge is 0 e. The summed E-state index contributed by atoms with van der Waals surface area (Å²) in [5.41, 5.74) is 0.734. The molecule has 1 nitrogen and oxygen atoms in total. The van der Waals surface area contributed by atoms with Crippen LogP contribution >= 0.6 is 0 Å². The molecule has 1 saturated heterocycles. The van der Waals surface area contributed by atoms with Crippen LogP contribution in [0.1, 0.15) is 32.1 Å². The SMILES string of the molecule is C1C[N-]CC2(C1)CCC2.[Re]. The van der Waals surface area contributed by atoms with Crippen molar-refractivity contribution in [2.45, 2.75) is 32.1 Å². The third-order valence-corrected chi connectivity index (χ3v) is 2.88. The third-order valence-electron chi connectivity index (χ3n) is 2.88. The Morgan fingerprint density at radius 3 is 2.00 bits per heavy atom. The number of nitrogens with zero attached hydrogens (tertiary/aromatic N) is 1. The van der Waals surface area contributed by atoms with Crippen molar-refractivity contribution in [1.82, 2.24) is 0 Å². The van der Waals surface area contributed by atoms with Gasteiger partial charge in [-0.05, 0) is 18.3 Å². The predicted molar refractivity (Wildman–Crippen MR) is 38.6 cm³/mol. The van der Waals surface area contributed by atoms with E-state index in [1.54, 1.807) is 0 Å². The van der Waals surface area contributed by atoms with Crippen LogP contribution in [0.4, 0.5) is 0 Å². The molecular weight excluding hydrogens is 296 g/mol. The molecule has 0 aromatic heterocycles. The second kappa shape index (κ2) is 3.35. The van der Waals surface area contributed by atoms with Crippen molar-refractivity contribution < 1.29 is 20.4 Å². The summed E-state index contributed by atoms with van der Waals surface area (Å²) in [6, 6.07) is 0. The van der Waals surface area contributed by atoms with Gasteiger partial charge < -0.3 is 5.32 Å². The fourth-order valence-corrected chi connectivity index (χ4v) is 2.05.